The molecule has 0 radical (unpaired) electrons. The molecule has 1 aromatic carbocycles. The zero-order valence-electron chi connectivity index (χ0n) is 13.3. The van der Waals surface area contributed by atoms with E-state index in [9.17, 15) is 9.59 Å². The fourth-order valence-electron chi connectivity index (χ4n) is 2.38. The summed E-state index contributed by atoms with van der Waals surface area (Å²) < 4.78 is 5.88. The summed E-state index contributed by atoms with van der Waals surface area (Å²) in [5.74, 6) is -0.590. The van der Waals surface area contributed by atoms with Gasteiger partial charge in [-0.1, -0.05) is 34.1 Å². The van der Waals surface area contributed by atoms with E-state index >= 15 is 0 Å². The van der Waals surface area contributed by atoms with Gasteiger partial charge in [-0.15, -0.1) is 0 Å². The van der Waals surface area contributed by atoms with Crippen LogP contribution in [0, 0.1) is 6.92 Å². The fourth-order valence-corrected chi connectivity index (χ4v) is 2.78. The first-order chi connectivity index (χ1) is 11.0. The molecule has 23 heavy (non-hydrogen) atoms. The minimum atomic E-state index is -0.455. The Bertz CT molecular complexity index is 775. The first-order valence-electron chi connectivity index (χ1n) is 7.32. The molecule has 0 unspecified atom stereocenters. The van der Waals surface area contributed by atoms with Crippen LogP contribution in [-0.4, -0.2) is 23.3 Å². The Morgan fingerprint density at radius 3 is 2.70 bits per heavy atom. The second kappa shape index (κ2) is 7.42. The van der Waals surface area contributed by atoms with Crippen molar-refractivity contribution in [2.75, 3.05) is 6.61 Å². The average Bonchev–Trinajstić information content (AvgIpc) is 2.84. The molecule has 0 bridgehead atoms. The molecule has 0 aliphatic carbocycles. The van der Waals surface area contributed by atoms with Crippen LogP contribution in [0.3, 0.4) is 0 Å². The Kier molecular flexibility index (Phi) is 5.55. The summed E-state index contributed by atoms with van der Waals surface area (Å²) in [5, 5.41) is 0. The van der Waals surface area contributed by atoms with E-state index in [-0.39, 0.29) is 12.4 Å². The van der Waals surface area contributed by atoms with Gasteiger partial charge in [0.1, 0.15) is 5.69 Å². The highest BCUT2D eigenvalue weighted by Crippen LogP contribution is 2.25. The zero-order valence-corrected chi connectivity index (χ0v) is 14.9. The van der Waals surface area contributed by atoms with Crippen LogP contribution < -0.4 is 0 Å². The number of ketones is 1. The van der Waals surface area contributed by atoms with Crippen LogP contribution in [0.25, 0.3) is 6.08 Å². The quantitative estimate of drug-likeness (QED) is 0.616. The number of rotatable bonds is 5. The Morgan fingerprint density at radius 2 is 2.09 bits per heavy atom. The number of aromatic nitrogens is 1. The van der Waals surface area contributed by atoms with Gasteiger partial charge in [0.2, 0.25) is 0 Å². The molecule has 2 aromatic rings. The lowest BCUT2D eigenvalue weighted by Crippen LogP contribution is -2.08. The van der Waals surface area contributed by atoms with Gasteiger partial charge in [0.25, 0.3) is 0 Å². The predicted molar refractivity (Wildman–Crippen MR) is 93.8 cm³/mol. The molecule has 1 aromatic heterocycles. The molecule has 1 N–H and O–H groups in total. The molecular weight excluding hydrogens is 358 g/mol. The van der Waals surface area contributed by atoms with Gasteiger partial charge in [0.05, 0.1) is 12.2 Å². The standard InChI is InChI=1S/C18H18BrNO3/c1-4-7-14-15(11(3)16(20-14)18(22)23-5-2)17(21)12-8-6-9-13(19)10-12/h4,6-10,20H,5H2,1-3H3/b7-4+. The second-order valence-electron chi connectivity index (χ2n) is 4.97. The van der Waals surface area contributed by atoms with E-state index in [0.717, 1.165) is 4.47 Å². The molecule has 0 atom stereocenters. The number of hydrogen-bond acceptors (Lipinski definition) is 3. The van der Waals surface area contributed by atoms with Gasteiger partial charge in [-0.25, -0.2) is 4.79 Å². The smallest absolute Gasteiger partial charge is 0.355 e. The number of carbonyl (C=O) groups excluding carboxylic acids is 2. The van der Waals surface area contributed by atoms with Gasteiger partial charge >= 0.3 is 5.97 Å². The van der Waals surface area contributed by atoms with E-state index in [2.05, 4.69) is 20.9 Å². The SMILES string of the molecule is C/C=C/c1[nH]c(C(=O)OCC)c(C)c1C(=O)c1cccc(Br)c1. The molecule has 1 heterocycles. The van der Waals surface area contributed by atoms with Crippen molar-refractivity contribution < 1.29 is 14.3 Å². The van der Waals surface area contributed by atoms with Crippen LogP contribution in [0.1, 0.15) is 51.5 Å². The van der Waals surface area contributed by atoms with Crippen molar-refractivity contribution in [3.63, 3.8) is 0 Å². The summed E-state index contributed by atoms with van der Waals surface area (Å²) >= 11 is 3.37. The minimum Gasteiger partial charge on any atom is -0.461 e. The summed E-state index contributed by atoms with van der Waals surface area (Å²) in [4.78, 5) is 27.9. The summed E-state index contributed by atoms with van der Waals surface area (Å²) in [5.41, 5.74) is 2.57. The predicted octanol–water partition coefficient (Wildman–Crippen LogP) is 4.53. The topological polar surface area (TPSA) is 59.2 Å². The first kappa shape index (κ1) is 17.2. The highest BCUT2D eigenvalue weighted by molar-refractivity contribution is 9.10. The van der Waals surface area contributed by atoms with Crippen LogP contribution in [0.5, 0.6) is 0 Å². The lowest BCUT2D eigenvalue weighted by atomic mass is 9.99. The molecule has 5 heteroatoms. The first-order valence-corrected chi connectivity index (χ1v) is 8.11. The van der Waals surface area contributed by atoms with E-state index in [1.807, 2.05) is 19.1 Å². The van der Waals surface area contributed by atoms with Crippen LogP contribution in [0.4, 0.5) is 0 Å². The molecular formula is C18H18BrNO3. The number of halogens is 1. The number of ether oxygens (including phenoxy) is 1. The fraction of sp³-hybridized carbons (Fsp3) is 0.222. The Balaban J connectivity index is 2.56. The number of H-pyrrole nitrogens is 1. The van der Waals surface area contributed by atoms with Gasteiger partial charge in [-0.05, 0) is 44.5 Å². The third kappa shape index (κ3) is 3.62. The van der Waals surface area contributed by atoms with Crippen molar-refractivity contribution in [1.29, 1.82) is 0 Å². The highest BCUT2D eigenvalue weighted by Gasteiger charge is 2.24. The zero-order chi connectivity index (χ0) is 17.0. The second-order valence-corrected chi connectivity index (χ2v) is 5.89. The van der Waals surface area contributed by atoms with Crippen molar-refractivity contribution in [2.24, 2.45) is 0 Å². The molecule has 0 aliphatic heterocycles. The van der Waals surface area contributed by atoms with E-state index in [1.54, 1.807) is 38.1 Å². The molecule has 4 nitrogen and oxygen atoms in total. The van der Waals surface area contributed by atoms with Gasteiger partial charge in [-0.3, -0.25) is 4.79 Å². The number of esters is 1. The third-order valence-electron chi connectivity index (χ3n) is 3.41. The summed E-state index contributed by atoms with van der Waals surface area (Å²) in [6.45, 7) is 5.64. The number of allylic oxidation sites excluding steroid dienone is 1. The average molecular weight is 376 g/mol. The number of carbonyl (C=O) groups is 2. The molecule has 0 saturated carbocycles. The number of benzene rings is 1. The summed E-state index contributed by atoms with van der Waals surface area (Å²) in [6, 6.07) is 7.18. The third-order valence-corrected chi connectivity index (χ3v) is 3.90. The van der Waals surface area contributed by atoms with Crippen molar-refractivity contribution in [3.05, 3.63) is 62.9 Å². The lowest BCUT2D eigenvalue weighted by Gasteiger charge is -2.04. The van der Waals surface area contributed by atoms with E-state index in [4.69, 9.17) is 4.74 Å². The van der Waals surface area contributed by atoms with Crippen LogP contribution in [0.2, 0.25) is 0 Å². The van der Waals surface area contributed by atoms with Crippen LogP contribution in [-0.2, 0) is 4.74 Å². The number of aromatic amines is 1. The van der Waals surface area contributed by atoms with Crippen LogP contribution >= 0.6 is 15.9 Å². The van der Waals surface area contributed by atoms with Gasteiger partial charge in [-0.2, -0.15) is 0 Å². The summed E-state index contributed by atoms with van der Waals surface area (Å²) in [7, 11) is 0. The van der Waals surface area contributed by atoms with Gasteiger partial charge in [0.15, 0.2) is 5.78 Å². The van der Waals surface area contributed by atoms with E-state index < -0.39 is 5.97 Å². The molecule has 0 spiro atoms. The minimum absolute atomic E-state index is 0.135. The summed E-state index contributed by atoms with van der Waals surface area (Å²) in [6.07, 6.45) is 3.60. The number of nitrogens with one attached hydrogen (secondary N) is 1. The Morgan fingerprint density at radius 1 is 1.35 bits per heavy atom. The van der Waals surface area contributed by atoms with Crippen molar-refractivity contribution in [1.82, 2.24) is 4.98 Å². The largest absolute Gasteiger partial charge is 0.461 e. The van der Waals surface area contributed by atoms with Crippen LogP contribution in [0.15, 0.2) is 34.8 Å². The molecule has 2 rings (SSSR count). The molecule has 120 valence electrons. The monoisotopic (exact) mass is 375 g/mol. The lowest BCUT2D eigenvalue weighted by molar-refractivity contribution is 0.0519. The van der Waals surface area contributed by atoms with Crippen molar-refractivity contribution in [3.8, 4) is 0 Å². The Hall–Kier alpha value is -2.14. The molecule has 0 fully saturated rings. The van der Waals surface area contributed by atoms with Crippen molar-refractivity contribution >= 4 is 33.8 Å². The van der Waals surface area contributed by atoms with E-state index in [0.29, 0.717) is 28.1 Å². The molecule has 0 amide bonds. The normalized spacial score (nSPS) is 11.0. The van der Waals surface area contributed by atoms with Crippen molar-refractivity contribution in [2.45, 2.75) is 20.8 Å². The molecule has 0 aliphatic rings. The number of hydrogen-bond donors (Lipinski definition) is 1. The van der Waals surface area contributed by atoms with E-state index in [1.165, 1.54) is 0 Å². The van der Waals surface area contributed by atoms with Gasteiger partial charge in [0, 0.05) is 15.7 Å². The van der Waals surface area contributed by atoms with Gasteiger partial charge < -0.3 is 9.72 Å². The highest BCUT2D eigenvalue weighted by atomic mass is 79.9. The maximum absolute atomic E-state index is 12.9. The maximum Gasteiger partial charge on any atom is 0.355 e. The molecule has 0 saturated heterocycles. The Labute approximate surface area is 143 Å². The maximum atomic E-state index is 12.9.